The first-order valence-electron chi connectivity index (χ1n) is 9.41. The van der Waals surface area contributed by atoms with Crippen LogP contribution in [0.25, 0.3) is 6.08 Å². The predicted octanol–water partition coefficient (Wildman–Crippen LogP) is 2.15. The highest BCUT2D eigenvalue weighted by atomic mass is 16.2. The molecule has 1 aliphatic rings. The molecule has 0 atom stereocenters. The fraction of sp³-hybridized carbons (Fsp3) is 0.364. The first kappa shape index (κ1) is 18.3. The van der Waals surface area contributed by atoms with E-state index < -0.39 is 0 Å². The zero-order valence-electron chi connectivity index (χ0n) is 15.7. The maximum absolute atomic E-state index is 12.4. The van der Waals surface area contributed by atoms with E-state index in [4.69, 9.17) is 0 Å². The van der Waals surface area contributed by atoms with Crippen LogP contribution >= 0.6 is 0 Å². The molecule has 0 spiro atoms. The summed E-state index contributed by atoms with van der Waals surface area (Å²) in [5.74, 6) is 0.640. The van der Waals surface area contributed by atoms with Crippen molar-refractivity contribution in [1.82, 2.24) is 9.88 Å². The molecule has 1 fully saturated rings. The van der Waals surface area contributed by atoms with Crippen LogP contribution in [0.1, 0.15) is 36.5 Å². The Kier molecular flexibility index (Phi) is 6.18. The lowest BCUT2D eigenvalue weighted by Gasteiger charge is -2.31. The number of pyridine rings is 1. The second-order valence-corrected chi connectivity index (χ2v) is 7.26. The van der Waals surface area contributed by atoms with Crippen molar-refractivity contribution in [1.29, 1.82) is 0 Å². The van der Waals surface area contributed by atoms with Crippen molar-refractivity contribution in [2.24, 2.45) is 0 Å². The van der Waals surface area contributed by atoms with E-state index in [9.17, 15) is 4.79 Å². The third-order valence-corrected chi connectivity index (χ3v) is 5.01. The van der Waals surface area contributed by atoms with Gasteiger partial charge in [-0.05, 0) is 35.3 Å². The topological polar surface area (TPSA) is 37.6 Å². The molecule has 0 unspecified atom stereocenters. The van der Waals surface area contributed by atoms with Crippen molar-refractivity contribution in [3.63, 3.8) is 0 Å². The smallest absolute Gasteiger partial charge is 0.246 e. The van der Waals surface area contributed by atoms with Gasteiger partial charge in [0.05, 0.1) is 26.2 Å². The van der Waals surface area contributed by atoms with Crippen LogP contribution in [0.4, 0.5) is 0 Å². The molecule has 1 aliphatic heterocycles. The van der Waals surface area contributed by atoms with Crippen molar-refractivity contribution in [3.05, 3.63) is 71.6 Å². The monoisotopic (exact) mass is 350 g/mol. The Morgan fingerprint density at radius 3 is 2.38 bits per heavy atom. The number of nitrogens with one attached hydrogen (secondary N) is 1. The minimum absolute atomic E-state index is 0.112. The van der Waals surface area contributed by atoms with E-state index in [1.54, 1.807) is 6.08 Å². The Hall–Kier alpha value is -2.46. The zero-order valence-corrected chi connectivity index (χ0v) is 15.7. The molecular weight excluding hydrogens is 322 g/mol. The highest BCUT2D eigenvalue weighted by molar-refractivity contribution is 5.91. The van der Waals surface area contributed by atoms with Gasteiger partial charge in [-0.15, -0.1) is 0 Å². The average Bonchev–Trinajstić information content (AvgIpc) is 2.68. The summed E-state index contributed by atoms with van der Waals surface area (Å²) in [5.41, 5.74) is 3.70. The molecule has 2 aromatic rings. The van der Waals surface area contributed by atoms with Crippen LogP contribution in [0.15, 0.2) is 54.9 Å². The molecule has 0 aliphatic carbocycles. The van der Waals surface area contributed by atoms with Crippen LogP contribution in [0.3, 0.4) is 0 Å². The standard InChI is InChI=1S/C22H27N3O/c1-18(2)21-6-3-19(4-7-21)5-8-22(26)25-15-13-24(14-16-25)17-20-9-11-23-12-10-20/h3-12,18H,13-17H2,1-2H3/p+1/b8-5+. The first-order valence-corrected chi connectivity index (χ1v) is 9.41. The summed E-state index contributed by atoms with van der Waals surface area (Å²) in [6.45, 7) is 8.99. The van der Waals surface area contributed by atoms with E-state index in [0.29, 0.717) is 5.92 Å². The van der Waals surface area contributed by atoms with Crippen LogP contribution in [-0.2, 0) is 11.3 Å². The third kappa shape index (κ3) is 5.02. The quantitative estimate of drug-likeness (QED) is 0.839. The van der Waals surface area contributed by atoms with E-state index in [2.05, 4.69) is 55.2 Å². The minimum atomic E-state index is 0.112. The molecule has 1 aromatic heterocycles. The van der Waals surface area contributed by atoms with E-state index in [0.717, 1.165) is 38.3 Å². The van der Waals surface area contributed by atoms with Gasteiger partial charge < -0.3 is 9.80 Å². The van der Waals surface area contributed by atoms with Gasteiger partial charge in [-0.3, -0.25) is 9.78 Å². The SMILES string of the molecule is CC(C)c1ccc(/C=C/C(=O)N2CC[NH+](Cc3ccncc3)CC2)cc1. The summed E-state index contributed by atoms with van der Waals surface area (Å²) in [7, 11) is 0. The molecule has 0 bridgehead atoms. The lowest BCUT2D eigenvalue weighted by atomic mass is 10.0. The lowest BCUT2D eigenvalue weighted by Crippen LogP contribution is -3.13. The zero-order chi connectivity index (χ0) is 18.4. The van der Waals surface area contributed by atoms with Crippen molar-refractivity contribution < 1.29 is 9.69 Å². The minimum Gasteiger partial charge on any atom is -0.328 e. The Balaban J connectivity index is 1.48. The van der Waals surface area contributed by atoms with Crippen molar-refractivity contribution >= 4 is 12.0 Å². The van der Waals surface area contributed by atoms with Gasteiger partial charge in [-0.2, -0.15) is 0 Å². The van der Waals surface area contributed by atoms with Crippen molar-refractivity contribution in [2.75, 3.05) is 26.2 Å². The fourth-order valence-electron chi connectivity index (χ4n) is 3.27. The number of carbonyl (C=O) groups excluding carboxylic acids is 1. The highest BCUT2D eigenvalue weighted by Crippen LogP contribution is 2.15. The molecule has 0 radical (unpaired) electrons. The lowest BCUT2D eigenvalue weighted by molar-refractivity contribution is -0.917. The average molecular weight is 350 g/mol. The number of nitrogens with zero attached hydrogens (tertiary/aromatic N) is 2. The maximum atomic E-state index is 12.4. The number of hydrogen-bond acceptors (Lipinski definition) is 2. The Labute approximate surface area is 156 Å². The number of carbonyl (C=O) groups is 1. The summed E-state index contributed by atoms with van der Waals surface area (Å²) in [4.78, 5) is 20.0. The fourth-order valence-corrected chi connectivity index (χ4v) is 3.27. The summed E-state index contributed by atoms with van der Waals surface area (Å²) < 4.78 is 0. The molecule has 4 heteroatoms. The second kappa shape index (κ2) is 8.77. The molecule has 4 nitrogen and oxygen atoms in total. The Morgan fingerprint density at radius 2 is 1.77 bits per heavy atom. The number of quaternary nitrogens is 1. The molecule has 3 rings (SSSR count). The Bertz CT molecular complexity index is 730. The summed E-state index contributed by atoms with van der Waals surface area (Å²) in [5, 5.41) is 0. The molecule has 26 heavy (non-hydrogen) atoms. The second-order valence-electron chi connectivity index (χ2n) is 7.26. The molecule has 1 saturated heterocycles. The molecule has 1 aromatic carbocycles. The van der Waals surface area contributed by atoms with Gasteiger partial charge in [-0.1, -0.05) is 38.1 Å². The number of aromatic nitrogens is 1. The molecule has 1 amide bonds. The normalized spacial score (nSPS) is 15.7. The van der Waals surface area contributed by atoms with Gasteiger partial charge in [0.15, 0.2) is 0 Å². The number of piperazine rings is 1. The molecule has 1 N–H and O–H groups in total. The van der Waals surface area contributed by atoms with Crippen LogP contribution in [0.5, 0.6) is 0 Å². The van der Waals surface area contributed by atoms with Gasteiger partial charge in [0.25, 0.3) is 0 Å². The number of hydrogen-bond donors (Lipinski definition) is 1. The molecular formula is C22H28N3O+. The van der Waals surface area contributed by atoms with Crippen LogP contribution in [0, 0.1) is 0 Å². The summed E-state index contributed by atoms with van der Waals surface area (Å²) in [6.07, 6.45) is 7.31. The van der Waals surface area contributed by atoms with Gasteiger partial charge in [0.2, 0.25) is 5.91 Å². The number of benzene rings is 1. The van der Waals surface area contributed by atoms with E-state index >= 15 is 0 Å². The summed E-state index contributed by atoms with van der Waals surface area (Å²) >= 11 is 0. The first-order chi connectivity index (χ1) is 12.6. The number of amides is 1. The third-order valence-electron chi connectivity index (χ3n) is 5.01. The van der Waals surface area contributed by atoms with Crippen molar-refractivity contribution in [3.8, 4) is 0 Å². The predicted molar refractivity (Wildman–Crippen MR) is 105 cm³/mol. The van der Waals surface area contributed by atoms with E-state index in [1.165, 1.54) is 16.0 Å². The highest BCUT2D eigenvalue weighted by Gasteiger charge is 2.22. The van der Waals surface area contributed by atoms with E-state index in [-0.39, 0.29) is 5.91 Å². The Morgan fingerprint density at radius 1 is 1.12 bits per heavy atom. The van der Waals surface area contributed by atoms with Crippen molar-refractivity contribution in [2.45, 2.75) is 26.3 Å². The molecule has 136 valence electrons. The van der Waals surface area contributed by atoms with Gasteiger partial charge >= 0.3 is 0 Å². The summed E-state index contributed by atoms with van der Waals surface area (Å²) in [6, 6.07) is 12.6. The molecule has 2 heterocycles. The van der Waals surface area contributed by atoms with Crippen LogP contribution in [0.2, 0.25) is 0 Å². The van der Waals surface area contributed by atoms with Crippen LogP contribution in [-0.4, -0.2) is 42.0 Å². The largest absolute Gasteiger partial charge is 0.328 e. The number of rotatable bonds is 5. The van der Waals surface area contributed by atoms with Gasteiger partial charge in [-0.25, -0.2) is 0 Å². The molecule has 0 saturated carbocycles. The maximum Gasteiger partial charge on any atom is 0.246 e. The van der Waals surface area contributed by atoms with Gasteiger partial charge in [0, 0.05) is 24.0 Å². The van der Waals surface area contributed by atoms with E-state index in [1.807, 2.05) is 23.4 Å². The van der Waals surface area contributed by atoms with Crippen LogP contribution < -0.4 is 4.90 Å². The van der Waals surface area contributed by atoms with Gasteiger partial charge in [0.1, 0.15) is 6.54 Å².